The van der Waals surface area contributed by atoms with Crippen molar-refractivity contribution in [1.29, 1.82) is 0 Å². The van der Waals surface area contributed by atoms with Crippen molar-refractivity contribution in [2.75, 3.05) is 34.3 Å². The summed E-state index contributed by atoms with van der Waals surface area (Å²) in [7, 11) is 5.64. The molecule has 0 aliphatic carbocycles. The number of fused-ring (bicyclic) bond motifs is 2. The van der Waals surface area contributed by atoms with Gasteiger partial charge in [-0.1, -0.05) is 20.8 Å². The quantitative estimate of drug-likeness (QED) is 0.361. The molecular formula is C32H57N3O9. The maximum atomic E-state index is 13.5. The molecule has 4 heterocycles. The van der Waals surface area contributed by atoms with Gasteiger partial charge < -0.3 is 49.4 Å². The molecule has 12 heteroatoms. The number of hydrogen-bond acceptors (Lipinski definition) is 10. The van der Waals surface area contributed by atoms with Gasteiger partial charge in [0.15, 0.2) is 12.6 Å². The van der Waals surface area contributed by atoms with Crippen LogP contribution in [-0.4, -0.2) is 122 Å². The van der Waals surface area contributed by atoms with E-state index in [1.54, 1.807) is 21.0 Å². The molecule has 0 aromatic rings. The van der Waals surface area contributed by atoms with E-state index in [2.05, 4.69) is 15.5 Å². The number of amides is 2. The van der Waals surface area contributed by atoms with Gasteiger partial charge in [-0.3, -0.25) is 9.59 Å². The van der Waals surface area contributed by atoms with Crippen LogP contribution in [0, 0.1) is 23.7 Å². The lowest BCUT2D eigenvalue weighted by Crippen LogP contribution is -2.65. The molecule has 2 amide bonds. The summed E-state index contributed by atoms with van der Waals surface area (Å²) in [6.07, 6.45) is -2.19. The number of aliphatic hydroxyl groups is 2. The van der Waals surface area contributed by atoms with Gasteiger partial charge in [0, 0.05) is 50.9 Å². The smallest absolute Gasteiger partial charge is 0.225 e. The lowest BCUT2D eigenvalue weighted by Gasteiger charge is -2.55. The first-order valence-corrected chi connectivity index (χ1v) is 16.4. The lowest BCUT2D eigenvalue weighted by molar-refractivity contribution is -0.337. The van der Waals surface area contributed by atoms with E-state index < -0.39 is 60.0 Å². The molecule has 4 fully saturated rings. The third-order valence-electron chi connectivity index (χ3n) is 10.5. The average Bonchev–Trinajstić information content (AvgIpc) is 2.95. The fourth-order valence-corrected chi connectivity index (χ4v) is 7.95. The fourth-order valence-electron chi connectivity index (χ4n) is 7.95. The number of hydrogen-bond donors (Lipinski definition) is 4. The molecular weight excluding hydrogens is 570 g/mol. The number of rotatable bonds is 4. The molecule has 0 aromatic carbocycles. The SMILES string of the molecule is CO[C@]1(C)C[C@H](O[C@H]2[C@H](C)[C@H]3O[C@@H]4O[C@H](C)C[C@H](N(C)C)[C@H]4C[C@@]3(O)C[C@@H](C)CNC(=O)CCNC(=O)[C@@H]2C)O[C@@H](C)[C@@H]1O. The van der Waals surface area contributed by atoms with E-state index in [-0.39, 0.29) is 55.2 Å². The molecule has 0 bridgehead atoms. The molecule has 4 saturated heterocycles. The van der Waals surface area contributed by atoms with Gasteiger partial charge in [-0.05, 0) is 60.0 Å². The predicted octanol–water partition coefficient (Wildman–Crippen LogP) is 1.41. The van der Waals surface area contributed by atoms with Crippen molar-refractivity contribution in [3.05, 3.63) is 0 Å². The number of carbonyl (C=O) groups is 2. The van der Waals surface area contributed by atoms with Gasteiger partial charge >= 0.3 is 0 Å². The van der Waals surface area contributed by atoms with E-state index in [0.717, 1.165) is 6.42 Å². The van der Waals surface area contributed by atoms with Crippen LogP contribution in [0.2, 0.25) is 0 Å². The number of aliphatic hydroxyl groups excluding tert-OH is 1. The first kappa shape index (κ1) is 35.5. The van der Waals surface area contributed by atoms with Crippen molar-refractivity contribution in [2.45, 2.75) is 134 Å². The van der Waals surface area contributed by atoms with Crippen LogP contribution in [0.1, 0.15) is 73.6 Å². The Bertz CT molecular complexity index is 1000. The summed E-state index contributed by atoms with van der Waals surface area (Å²) >= 11 is 0. The second-order valence-corrected chi connectivity index (χ2v) is 14.4. The molecule has 0 saturated carbocycles. The fraction of sp³-hybridized carbons (Fsp3) is 0.938. The maximum absolute atomic E-state index is 13.5. The molecule has 4 rings (SSSR count). The van der Waals surface area contributed by atoms with Gasteiger partial charge in [-0.15, -0.1) is 0 Å². The zero-order valence-corrected chi connectivity index (χ0v) is 28.1. The van der Waals surface area contributed by atoms with E-state index in [4.69, 9.17) is 23.7 Å². The van der Waals surface area contributed by atoms with Gasteiger partial charge in [0.05, 0.1) is 41.5 Å². The summed E-state index contributed by atoms with van der Waals surface area (Å²) in [6, 6.07) is 0.152. The van der Waals surface area contributed by atoms with Gasteiger partial charge in [0.2, 0.25) is 11.8 Å². The molecule has 44 heavy (non-hydrogen) atoms. The Balaban J connectivity index is 1.72. The van der Waals surface area contributed by atoms with Crippen LogP contribution in [0.3, 0.4) is 0 Å². The Morgan fingerprint density at radius 1 is 1.00 bits per heavy atom. The van der Waals surface area contributed by atoms with Crippen LogP contribution in [0.15, 0.2) is 0 Å². The van der Waals surface area contributed by atoms with Crippen molar-refractivity contribution in [1.82, 2.24) is 15.5 Å². The highest BCUT2D eigenvalue weighted by molar-refractivity contribution is 5.80. The summed E-state index contributed by atoms with van der Waals surface area (Å²) in [6.45, 7) is 12.0. The zero-order valence-electron chi connectivity index (χ0n) is 28.1. The number of carbonyl (C=O) groups excluding carboxylic acids is 2. The summed E-state index contributed by atoms with van der Waals surface area (Å²) in [4.78, 5) is 28.3. The summed E-state index contributed by atoms with van der Waals surface area (Å²) < 4.78 is 31.6. The van der Waals surface area contributed by atoms with Gasteiger partial charge in [-0.2, -0.15) is 0 Å². The van der Waals surface area contributed by atoms with Crippen molar-refractivity contribution in [3.8, 4) is 0 Å². The first-order valence-electron chi connectivity index (χ1n) is 16.4. The molecule has 4 aliphatic rings. The van der Waals surface area contributed by atoms with Crippen LogP contribution >= 0.6 is 0 Å². The maximum Gasteiger partial charge on any atom is 0.225 e. The monoisotopic (exact) mass is 627 g/mol. The minimum atomic E-state index is -1.29. The van der Waals surface area contributed by atoms with Crippen molar-refractivity contribution in [2.24, 2.45) is 23.7 Å². The Morgan fingerprint density at radius 3 is 2.36 bits per heavy atom. The highest BCUT2D eigenvalue weighted by Crippen LogP contribution is 2.47. The van der Waals surface area contributed by atoms with Gasteiger partial charge in [-0.25, -0.2) is 0 Å². The molecule has 254 valence electrons. The number of methoxy groups -OCH3 is 1. The highest BCUT2D eigenvalue weighted by atomic mass is 16.7. The Hall–Kier alpha value is -1.38. The summed E-state index contributed by atoms with van der Waals surface area (Å²) in [5.41, 5.74) is -2.20. The minimum absolute atomic E-state index is 0.0233. The van der Waals surface area contributed by atoms with Crippen LogP contribution < -0.4 is 10.6 Å². The second-order valence-electron chi connectivity index (χ2n) is 14.4. The standard InChI is InChI=1S/C32H57N3O9/c1-17-13-32(39)14-22-23(35(7)8)12-18(2)41-30(22)44-28(32)19(3)26(20(4)29(38)33-11-10-24(36)34-16-17)43-25-15-31(6,40-9)27(37)21(5)42-25/h17-23,25-28,30,37,39H,10-16H2,1-9H3,(H,33,38)(H,34,36)/t17-,18-,19+,20-,21+,22-,23+,25+,26+,27+,28-,30+,31-,32+/m1/s1. The van der Waals surface area contributed by atoms with Crippen LogP contribution in [0.25, 0.3) is 0 Å². The number of nitrogens with zero attached hydrogens (tertiary/aromatic N) is 1. The molecule has 12 nitrogen and oxygen atoms in total. The third-order valence-corrected chi connectivity index (χ3v) is 10.5. The third kappa shape index (κ3) is 7.60. The van der Waals surface area contributed by atoms with E-state index in [1.807, 2.05) is 41.8 Å². The Kier molecular flexibility index (Phi) is 11.4. The van der Waals surface area contributed by atoms with Crippen molar-refractivity contribution < 1.29 is 43.5 Å². The predicted molar refractivity (Wildman–Crippen MR) is 162 cm³/mol. The number of ether oxygens (including phenoxy) is 5. The summed E-state index contributed by atoms with van der Waals surface area (Å²) in [5.74, 6) is -1.69. The average molecular weight is 628 g/mol. The van der Waals surface area contributed by atoms with Crippen molar-refractivity contribution >= 4 is 11.8 Å². The van der Waals surface area contributed by atoms with Crippen LogP contribution in [-0.2, 0) is 33.3 Å². The highest BCUT2D eigenvalue weighted by Gasteiger charge is 2.57. The summed E-state index contributed by atoms with van der Waals surface area (Å²) in [5, 5.41) is 29.3. The second kappa shape index (κ2) is 14.2. The molecule has 0 spiro atoms. The molecule has 4 N–H and O–H groups in total. The van der Waals surface area contributed by atoms with E-state index in [1.165, 1.54) is 0 Å². The normalized spacial score (nSPS) is 48.0. The Labute approximate surface area is 262 Å². The minimum Gasteiger partial charge on any atom is -0.387 e. The van der Waals surface area contributed by atoms with E-state index in [9.17, 15) is 19.8 Å². The lowest BCUT2D eigenvalue weighted by atomic mass is 9.69. The largest absolute Gasteiger partial charge is 0.387 e. The van der Waals surface area contributed by atoms with Crippen LogP contribution in [0.5, 0.6) is 0 Å². The molecule has 0 unspecified atom stereocenters. The molecule has 0 radical (unpaired) electrons. The topological polar surface area (TPSA) is 148 Å². The molecule has 4 aliphatic heterocycles. The van der Waals surface area contributed by atoms with E-state index in [0.29, 0.717) is 19.4 Å². The van der Waals surface area contributed by atoms with Gasteiger partial charge in [0.25, 0.3) is 0 Å². The van der Waals surface area contributed by atoms with Gasteiger partial charge in [0.1, 0.15) is 6.10 Å². The van der Waals surface area contributed by atoms with Crippen LogP contribution in [0.4, 0.5) is 0 Å². The van der Waals surface area contributed by atoms with E-state index >= 15 is 0 Å². The zero-order chi connectivity index (χ0) is 32.6. The molecule has 14 atom stereocenters. The van der Waals surface area contributed by atoms with Crippen molar-refractivity contribution in [3.63, 3.8) is 0 Å². The first-order chi connectivity index (χ1) is 20.6. The Morgan fingerprint density at radius 2 is 1.70 bits per heavy atom. The number of nitrogens with one attached hydrogen (secondary N) is 2. The molecule has 0 aromatic heterocycles.